The number of nitrogens with two attached hydrogens (primary N) is 1. The largest absolute Gasteiger partial charge is 0.238 e. The van der Waals surface area contributed by atoms with Crippen molar-refractivity contribution in [3.8, 4) is 0 Å². The first-order valence-electron chi connectivity index (χ1n) is 4.99. The molecule has 100 valence electrons. The van der Waals surface area contributed by atoms with Crippen LogP contribution < -0.4 is 5.14 Å². The van der Waals surface area contributed by atoms with Gasteiger partial charge in [-0.15, -0.1) is 11.6 Å². The summed E-state index contributed by atoms with van der Waals surface area (Å²) in [5.41, 5.74) is 0.560. The molecule has 0 aromatic heterocycles. The molecule has 2 N–H and O–H groups in total. The molecule has 0 unspecified atom stereocenters. The summed E-state index contributed by atoms with van der Waals surface area (Å²) in [6.07, 6.45) is 2.72. The second kappa shape index (κ2) is 9.71. The number of hydrogen-bond donors (Lipinski definition) is 1. The number of aryl methyl sites for hydroxylation is 1. The van der Waals surface area contributed by atoms with Crippen molar-refractivity contribution in [3.05, 3.63) is 28.8 Å². The molecule has 0 radical (unpaired) electrons. The minimum Gasteiger partial charge on any atom is -0.225 e. The van der Waals surface area contributed by atoms with Crippen molar-refractivity contribution in [1.82, 2.24) is 0 Å². The molecule has 0 atom stereocenters. The van der Waals surface area contributed by atoms with Crippen LogP contribution in [-0.2, 0) is 10.0 Å². The highest BCUT2D eigenvalue weighted by Crippen LogP contribution is 2.17. The van der Waals surface area contributed by atoms with E-state index in [0.717, 1.165) is 0 Å². The maximum Gasteiger partial charge on any atom is 0.238 e. The van der Waals surface area contributed by atoms with E-state index in [1.807, 2.05) is 0 Å². The summed E-state index contributed by atoms with van der Waals surface area (Å²) in [5, 5.41) is 5.44. The zero-order valence-electron chi connectivity index (χ0n) is 10.5. The number of halogens is 2. The molecule has 1 rings (SSSR count). The SMILES string of the molecule is CCC.CCl.Cc1cc(Cl)ccc1S(N)(=O)=O. The normalized spacial score (nSPS) is 9.59. The summed E-state index contributed by atoms with van der Waals surface area (Å²) < 4.78 is 21.8. The van der Waals surface area contributed by atoms with Gasteiger partial charge in [-0.2, -0.15) is 0 Å². The average Bonchev–Trinajstić information content (AvgIpc) is 2.19. The lowest BCUT2D eigenvalue weighted by molar-refractivity contribution is 0.597. The van der Waals surface area contributed by atoms with Crippen molar-refractivity contribution >= 4 is 33.2 Å². The minimum absolute atomic E-state index is 0.118. The molecule has 0 amide bonds. The molecule has 0 aliphatic rings. The van der Waals surface area contributed by atoms with E-state index in [1.54, 1.807) is 13.0 Å². The third kappa shape index (κ3) is 8.44. The molecule has 6 heteroatoms. The van der Waals surface area contributed by atoms with E-state index in [2.05, 4.69) is 25.4 Å². The van der Waals surface area contributed by atoms with E-state index >= 15 is 0 Å². The first-order chi connectivity index (χ1) is 7.82. The van der Waals surface area contributed by atoms with Crippen LogP contribution in [0.25, 0.3) is 0 Å². The van der Waals surface area contributed by atoms with Crippen molar-refractivity contribution in [1.29, 1.82) is 0 Å². The highest BCUT2D eigenvalue weighted by molar-refractivity contribution is 7.89. The van der Waals surface area contributed by atoms with Gasteiger partial charge in [0.15, 0.2) is 0 Å². The molecule has 0 fully saturated rings. The molecule has 0 saturated carbocycles. The Hall–Kier alpha value is -0.290. The second-order valence-electron chi connectivity index (χ2n) is 3.16. The van der Waals surface area contributed by atoms with Crippen LogP contribution in [0.1, 0.15) is 25.8 Å². The lowest BCUT2D eigenvalue weighted by Crippen LogP contribution is -2.13. The maximum absolute atomic E-state index is 10.9. The lowest BCUT2D eigenvalue weighted by atomic mass is 10.2. The summed E-state index contributed by atoms with van der Waals surface area (Å²) >= 11 is 10.3. The zero-order valence-corrected chi connectivity index (χ0v) is 12.8. The average molecular weight is 300 g/mol. The van der Waals surface area contributed by atoms with Crippen molar-refractivity contribution < 1.29 is 8.42 Å². The van der Waals surface area contributed by atoms with Crippen LogP contribution in [-0.4, -0.2) is 14.8 Å². The molecule has 3 nitrogen and oxygen atoms in total. The predicted molar refractivity (Wildman–Crippen MR) is 75.3 cm³/mol. The van der Waals surface area contributed by atoms with Gasteiger partial charge in [0.05, 0.1) is 4.90 Å². The number of sulfonamides is 1. The molecule has 1 aromatic carbocycles. The maximum atomic E-state index is 10.9. The Morgan fingerprint density at radius 1 is 1.24 bits per heavy atom. The molecule has 17 heavy (non-hydrogen) atoms. The van der Waals surface area contributed by atoms with E-state index in [4.69, 9.17) is 16.7 Å². The zero-order chi connectivity index (χ0) is 14.1. The Bertz CT molecular complexity index is 419. The summed E-state index contributed by atoms with van der Waals surface area (Å²) in [7, 11) is -3.61. The minimum atomic E-state index is -3.61. The lowest BCUT2D eigenvalue weighted by Gasteiger charge is -2.02. The molecule has 0 saturated heterocycles. The standard InChI is InChI=1S/C7H8ClNO2S.C3H8.CH3Cl/c1-5-4-6(8)2-3-7(5)12(9,10)11;1-3-2;1-2/h2-4H,1H3,(H2,9,10,11);3H2,1-2H3;1H3. The molecular weight excluding hydrogens is 281 g/mol. The molecule has 0 heterocycles. The van der Waals surface area contributed by atoms with E-state index in [1.165, 1.54) is 24.9 Å². The molecule has 0 spiro atoms. The van der Waals surface area contributed by atoms with Gasteiger partial charge in [0.1, 0.15) is 0 Å². The summed E-state index contributed by atoms with van der Waals surface area (Å²) in [6, 6.07) is 4.45. The number of hydrogen-bond acceptors (Lipinski definition) is 2. The fourth-order valence-electron chi connectivity index (χ4n) is 0.932. The number of benzene rings is 1. The monoisotopic (exact) mass is 299 g/mol. The van der Waals surface area contributed by atoms with E-state index in [9.17, 15) is 8.42 Å². The van der Waals surface area contributed by atoms with E-state index in [0.29, 0.717) is 10.6 Å². The Morgan fingerprint density at radius 2 is 1.65 bits per heavy atom. The molecule has 1 aromatic rings. The van der Waals surface area contributed by atoms with Crippen LogP contribution in [0, 0.1) is 6.92 Å². The van der Waals surface area contributed by atoms with Gasteiger partial charge in [0, 0.05) is 11.4 Å². The predicted octanol–water partition coefficient (Wildman–Crippen LogP) is 3.57. The summed E-state index contributed by atoms with van der Waals surface area (Å²) in [4.78, 5) is 0.118. The summed E-state index contributed by atoms with van der Waals surface area (Å²) in [6.45, 7) is 5.89. The van der Waals surface area contributed by atoms with Gasteiger partial charge in [-0.3, -0.25) is 0 Å². The van der Waals surface area contributed by atoms with Crippen LogP contribution in [0.3, 0.4) is 0 Å². The van der Waals surface area contributed by atoms with Crippen molar-refractivity contribution in [2.45, 2.75) is 32.1 Å². The van der Waals surface area contributed by atoms with Gasteiger partial charge in [-0.05, 0) is 30.7 Å². The Kier molecular flexibility index (Phi) is 10.9. The number of rotatable bonds is 1. The first-order valence-corrected chi connectivity index (χ1v) is 7.67. The Balaban J connectivity index is 0. The quantitative estimate of drug-likeness (QED) is 0.806. The fourth-order valence-corrected chi connectivity index (χ4v) is 1.92. The van der Waals surface area contributed by atoms with Gasteiger partial charge in [0.2, 0.25) is 10.0 Å². The molecule has 0 aliphatic carbocycles. The number of alkyl halides is 1. The van der Waals surface area contributed by atoms with Gasteiger partial charge < -0.3 is 0 Å². The summed E-state index contributed by atoms with van der Waals surface area (Å²) in [5.74, 6) is 0. The first kappa shape index (κ1) is 19.1. The van der Waals surface area contributed by atoms with Crippen LogP contribution in [0.15, 0.2) is 23.1 Å². The van der Waals surface area contributed by atoms with Gasteiger partial charge in [-0.1, -0.05) is 31.9 Å². The highest BCUT2D eigenvalue weighted by atomic mass is 35.5. The van der Waals surface area contributed by atoms with Crippen molar-refractivity contribution in [2.24, 2.45) is 5.14 Å². The van der Waals surface area contributed by atoms with Crippen LogP contribution in [0.5, 0.6) is 0 Å². The second-order valence-corrected chi connectivity index (χ2v) is 5.13. The van der Waals surface area contributed by atoms with Crippen molar-refractivity contribution in [2.75, 3.05) is 6.38 Å². The molecule has 0 aliphatic heterocycles. The smallest absolute Gasteiger partial charge is 0.225 e. The van der Waals surface area contributed by atoms with E-state index < -0.39 is 10.0 Å². The highest BCUT2D eigenvalue weighted by Gasteiger charge is 2.10. The van der Waals surface area contributed by atoms with Gasteiger partial charge in [-0.25, -0.2) is 13.6 Å². The Morgan fingerprint density at radius 3 is 1.94 bits per heavy atom. The molecular formula is C11H19Cl2NO2S. The van der Waals surface area contributed by atoms with Crippen LogP contribution in [0.4, 0.5) is 0 Å². The topological polar surface area (TPSA) is 60.2 Å². The van der Waals surface area contributed by atoms with Gasteiger partial charge in [0.25, 0.3) is 0 Å². The fraction of sp³-hybridized carbons (Fsp3) is 0.455. The third-order valence-corrected chi connectivity index (χ3v) is 2.75. The van der Waals surface area contributed by atoms with Crippen LogP contribution >= 0.6 is 23.2 Å². The van der Waals surface area contributed by atoms with E-state index in [-0.39, 0.29) is 4.90 Å². The van der Waals surface area contributed by atoms with Gasteiger partial charge >= 0.3 is 0 Å². The Labute approximate surface area is 114 Å². The third-order valence-electron chi connectivity index (χ3n) is 1.44. The number of primary sulfonamides is 1. The van der Waals surface area contributed by atoms with Crippen molar-refractivity contribution in [3.63, 3.8) is 0 Å². The van der Waals surface area contributed by atoms with Crippen LogP contribution in [0.2, 0.25) is 5.02 Å². The molecule has 0 bridgehead atoms.